The standard InChI is InChI=1S/C8H18ClN5.ClH/c1-3-5-6-14(4-2)8(11)12-7(10)13-9;/h3-6H2,1-2H3,(H4,10,11,12,13);1H. The molecule has 0 aliphatic heterocycles. The number of unbranched alkanes of at least 4 members (excludes halogenated alkanes) is 1. The Morgan fingerprint density at radius 1 is 1.53 bits per heavy atom. The van der Waals surface area contributed by atoms with Crippen LogP contribution in [0.25, 0.3) is 0 Å². The van der Waals surface area contributed by atoms with Gasteiger partial charge in [-0.15, -0.1) is 16.9 Å². The first-order valence-electron chi connectivity index (χ1n) is 4.70. The second-order valence-electron chi connectivity index (χ2n) is 2.88. The highest BCUT2D eigenvalue weighted by Crippen LogP contribution is 1.94. The summed E-state index contributed by atoms with van der Waals surface area (Å²) < 4.78 is 3.21. The van der Waals surface area contributed by atoms with Gasteiger partial charge in [0.15, 0.2) is 5.96 Å². The van der Waals surface area contributed by atoms with E-state index in [9.17, 15) is 0 Å². The molecule has 4 N–H and O–H groups in total. The fraction of sp³-hybridized carbons (Fsp3) is 0.750. The Hall–Kier alpha value is -0.680. The number of hydrogen-bond donors (Lipinski definition) is 3. The molecule has 0 spiro atoms. The molecule has 0 amide bonds. The molecule has 0 aliphatic carbocycles. The van der Waals surface area contributed by atoms with Crippen LogP contribution in [0.15, 0.2) is 4.51 Å². The molecule has 15 heavy (non-hydrogen) atoms. The highest BCUT2D eigenvalue weighted by atomic mass is 35.5. The van der Waals surface area contributed by atoms with Crippen molar-refractivity contribution in [2.45, 2.75) is 26.7 Å². The van der Waals surface area contributed by atoms with E-state index in [0.717, 1.165) is 25.9 Å². The summed E-state index contributed by atoms with van der Waals surface area (Å²) in [7, 11) is 0. The largest absolute Gasteiger partial charge is 0.369 e. The molecule has 0 bridgehead atoms. The van der Waals surface area contributed by atoms with Gasteiger partial charge in [0.05, 0.1) is 0 Å². The predicted molar refractivity (Wildman–Crippen MR) is 67.7 cm³/mol. The Morgan fingerprint density at radius 2 is 2.13 bits per heavy atom. The van der Waals surface area contributed by atoms with Gasteiger partial charge in [0.2, 0.25) is 5.96 Å². The zero-order valence-electron chi connectivity index (χ0n) is 9.09. The molecular weight excluding hydrogens is 237 g/mol. The predicted octanol–water partition coefficient (Wildman–Crippen LogP) is 1.52. The molecule has 0 fully saturated rings. The van der Waals surface area contributed by atoms with E-state index < -0.39 is 0 Å². The molecule has 0 rings (SSSR count). The lowest BCUT2D eigenvalue weighted by Gasteiger charge is -2.23. The summed E-state index contributed by atoms with van der Waals surface area (Å²) in [6.45, 7) is 5.70. The van der Waals surface area contributed by atoms with Crippen LogP contribution < -0.4 is 11.1 Å². The summed E-state index contributed by atoms with van der Waals surface area (Å²) in [4.78, 5) is 1.87. The van der Waals surface area contributed by atoms with Crippen molar-refractivity contribution < 1.29 is 0 Å². The van der Waals surface area contributed by atoms with Crippen LogP contribution in [0.1, 0.15) is 26.7 Å². The van der Waals surface area contributed by atoms with Crippen LogP contribution in [0.5, 0.6) is 0 Å². The van der Waals surface area contributed by atoms with Crippen molar-refractivity contribution in [3.8, 4) is 0 Å². The highest BCUT2D eigenvalue weighted by molar-refractivity contribution is 6.20. The van der Waals surface area contributed by atoms with Gasteiger partial charge < -0.3 is 10.6 Å². The van der Waals surface area contributed by atoms with E-state index in [0.29, 0.717) is 0 Å². The zero-order valence-corrected chi connectivity index (χ0v) is 10.7. The van der Waals surface area contributed by atoms with Crippen molar-refractivity contribution in [3.05, 3.63) is 0 Å². The number of guanidine groups is 2. The third-order valence-electron chi connectivity index (χ3n) is 1.82. The zero-order chi connectivity index (χ0) is 11.0. The van der Waals surface area contributed by atoms with Gasteiger partial charge in [-0.05, 0) is 13.3 Å². The SMILES string of the molecule is CCCCN(CC)C(=N)NC(N)=NCl.Cl. The molecule has 0 aromatic heterocycles. The van der Waals surface area contributed by atoms with E-state index in [1.165, 1.54) is 0 Å². The first-order chi connectivity index (χ1) is 6.65. The quantitative estimate of drug-likeness (QED) is 0.527. The maximum Gasteiger partial charge on any atom is 0.213 e. The maximum absolute atomic E-state index is 7.65. The van der Waals surface area contributed by atoms with Gasteiger partial charge in [-0.25, -0.2) is 0 Å². The first kappa shape index (κ1) is 16.7. The smallest absolute Gasteiger partial charge is 0.213 e. The van der Waals surface area contributed by atoms with Crippen LogP contribution in [-0.2, 0) is 0 Å². The van der Waals surface area contributed by atoms with Crippen molar-refractivity contribution in [2.24, 2.45) is 10.2 Å². The minimum absolute atomic E-state index is 0. The monoisotopic (exact) mass is 255 g/mol. The normalized spacial score (nSPS) is 10.5. The summed E-state index contributed by atoms with van der Waals surface area (Å²) in [5, 5.41) is 10.2. The van der Waals surface area contributed by atoms with Crippen LogP contribution in [0.4, 0.5) is 0 Å². The van der Waals surface area contributed by atoms with Crippen LogP contribution in [0.3, 0.4) is 0 Å². The third kappa shape index (κ3) is 7.27. The van der Waals surface area contributed by atoms with Crippen molar-refractivity contribution in [1.82, 2.24) is 10.2 Å². The summed E-state index contributed by atoms with van der Waals surface area (Å²) in [6.07, 6.45) is 2.15. The second-order valence-corrected chi connectivity index (χ2v) is 3.05. The molecule has 7 heteroatoms. The van der Waals surface area contributed by atoms with E-state index in [2.05, 4.69) is 16.8 Å². The van der Waals surface area contributed by atoms with E-state index in [-0.39, 0.29) is 24.3 Å². The summed E-state index contributed by atoms with van der Waals surface area (Å²) in [5.41, 5.74) is 5.33. The number of halogens is 2. The summed E-state index contributed by atoms with van der Waals surface area (Å²) in [5.74, 6) is 0.287. The van der Waals surface area contributed by atoms with Gasteiger partial charge in [-0.1, -0.05) is 13.3 Å². The average molecular weight is 256 g/mol. The fourth-order valence-electron chi connectivity index (χ4n) is 0.999. The molecule has 0 saturated carbocycles. The number of nitrogens with two attached hydrogens (primary N) is 1. The number of hydrogen-bond acceptors (Lipinski definition) is 2. The Balaban J connectivity index is 0. The Kier molecular flexibility index (Phi) is 11.0. The van der Waals surface area contributed by atoms with Crippen LogP contribution in [0, 0.1) is 5.41 Å². The van der Waals surface area contributed by atoms with E-state index in [1.807, 2.05) is 11.8 Å². The third-order valence-corrected chi connectivity index (χ3v) is 2.00. The Labute approximate surface area is 102 Å². The van der Waals surface area contributed by atoms with Crippen LogP contribution in [0.2, 0.25) is 0 Å². The Bertz CT molecular complexity index is 207. The molecule has 0 aromatic carbocycles. The highest BCUT2D eigenvalue weighted by Gasteiger charge is 2.07. The number of nitrogens with zero attached hydrogens (tertiary/aromatic N) is 2. The van der Waals surface area contributed by atoms with Gasteiger partial charge in [-0.3, -0.25) is 10.7 Å². The fourth-order valence-corrected chi connectivity index (χ4v) is 1.04. The molecular formula is C8H19Cl2N5. The molecule has 0 atom stereocenters. The molecule has 0 heterocycles. The molecule has 0 aromatic rings. The van der Waals surface area contributed by atoms with Crippen molar-refractivity contribution in [3.63, 3.8) is 0 Å². The minimum atomic E-state index is 0. The topological polar surface area (TPSA) is 77.5 Å². The van der Waals surface area contributed by atoms with Gasteiger partial charge in [0.25, 0.3) is 0 Å². The van der Waals surface area contributed by atoms with Crippen molar-refractivity contribution >= 4 is 36.1 Å². The van der Waals surface area contributed by atoms with Gasteiger partial charge in [0, 0.05) is 24.9 Å². The van der Waals surface area contributed by atoms with Crippen molar-refractivity contribution in [1.29, 1.82) is 5.41 Å². The van der Waals surface area contributed by atoms with Crippen LogP contribution in [-0.4, -0.2) is 29.9 Å². The minimum Gasteiger partial charge on any atom is -0.369 e. The van der Waals surface area contributed by atoms with E-state index in [4.69, 9.17) is 22.9 Å². The van der Waals surface area contributed by atoms with E-state index in [1.54, 1.807) is 0 Å². The lowest BCUT2D eigenvalue weighted by atomic mass is 10.3. The molecule has 5 nitrogen and oxygen atoms in total. The van der Waals surface area contributed by atoms with Crippen molar-refractivity contribution in [2.75, 3.05) is 13.1 Å². The molecule has 0 aliphatic rings. The molecule has 0 radical (unpaired) electrons. The van der Waals surface area contributed by atoms with E-state index >= 15 is 0 Å². The average Bonchev–Trinajstić information content (AvgIpc) is 2.18. The van der Waals surface area contributed by atoms with Gasteiger partial charge in [-0.2, -0.15) is 0 Å². The molecule has 0 unspecified atom stereocenters. The maximum atomic E-state index is 7.65. The second kappa shape index (κ2) is 9.86. The lowest BCUT2D eigenvalue weighted by molar-refractivity contribution is 0.416. The van der Waals surface area contributed by atoms with Crippen LogP contribution >= 0.6 is 24.2 Å². The lowest BCUT2D eigenvalue weighted by Crippen LogP contribution is -2.46. The summed E-state index contributed by atoms with van der Waals surface area (Å²) >= 11 is 5.13. The number of rotatable bonds is 4. The number of nitrogens with one attached hydrogen (secondary N) is 2. The van der Waals surface area contributed by atoms with Gasteiger partial charge >= 0.3 is 0 Å². The molecule has 90 valence electrons. The summed E-state index contributed by atoms with van der Waals surface area (Å²) in [6, 6.07) is 0. The van der Waals surface area contributed by atoms with Gasteiger partial charge in [0.1, 0.15) is 0 Å². The first-order valence-corrected chi connectivity index (χ1v) is 5.04. The molecule has 0 saturated heterocycles. The Morgan fingerprint density at radius 3 is 2.53 bits per heavy atom.